The fraction of sp³-hybridized carbons (Fsp3) is 0.0833. The van der Waals surface area contributed by atoms with E-state index in [-0.39, 0.29) is 11.3 Å². The lowest BCUT2D eigenvalue weighted by molar-refractivity contribution is 1.51. The van der Waals surface area contributed by atoms with Gasteiger partial charge in [0.2, 0.25) is 0 Å². The monoisotopic (exact) mass is 484 g/mol. The minimum absolute atomic E-state index is 0.0578. The molecular formula is C24H12N4S4. The van der Waals surface area contributed by atoms with E-state index in [9.17, 15) is 15.8 Å². The Hall–Kier alpha value is -3.50. The zero-order valence-corrected chi connectivity index (χ0v) is 20.2. The molecule has 0 aliphatic rings. The number of nitriles is 3. The second-order valence-corrected chi connectivity index (χ2v) is 11.4. The molecule has 0 atom stereocenters. The molecule has 0 N–H and O–H groups in total. The van der Waals surface area contributed by atoms with Crippen molar-refractivity contribution in [3.8, 4) is 39.1 Å². The molecule has 4 aromatic heterocycles. The molecule has 0 aliphatic heterocycles. The van der Waals surface area contributed by atoms with E-state index < -0.39 is 0 Å². The highest BCUT2D eigenvalue weighted by molar-refractivity contribution is 7.17. The summed E-state index contributed by atoms with van der Waals surface area (Å²) < 4.78 is 3.10. The number of hydrogen-bond donors (Lipinski definition) is 0. The lowest BCUT2D eigenvalue weighted by Gasteiger charge is -1.95. The van der Waals surface area contributed by atoms with Crippen LogP contribution in [0.2, 0.25) is 0 Å². The average Bonchev–Trinajstić information content (AvgIpc) is 3.56. The summed E-state index contributed by atoms with van der Waals surface area (Å²) in [6.07, 6.45) is 0. The molecule has 0 fully saturated rings. The van der Waals surface area contributed by atoms with Gasteiger partial charge in [-0.2, -0.15) is 10.5 Å². The molecule has 0 unspecified atom stereocenters. The lowest BCUT2D eigenvalue weighted by Crippen LogP contribution is -1.94. The molecule has 0 amide bonds. The standard InChI is InChI=1S/C24H12N4S4/c1-13-4-6-19(29-13)16-8-21(15(10-25)11-26)31-23(16)24-17(20-7-5-14(2)30-20)9-22(32-24)18(12-27)28-3/h4-9H,1-2H3/b22-18+,24-23+. The van der Waals surface area contributed by atoms with E-state index in [2.05, 4.69) is 4.85 Å². The van der Waals surface area contributed by atoms with Gasteiger partial charge >= 0.3 is 0 Å². The molecule has 0 aliphatic carbocycles. The summed E-state index contributed by atoms with van der Waals surface area (Å²) in [5.41, 5.74) is 2.04. The van der Waals surface area contributed by atoms with Crippen LogP contribution in [-0.4, -0.2) is 0 Å². The number of thiophene rings is 4. The molecule has 0 spiro atoms. The van der Waals surface area contributed by atoms with Gasteiger partial charge in [-0.05, 0) is 50.2 Å². The van der Waals surface area contributed by atoms with Crippen molar-refractivity contribution in [3.05, 3.63) is 75.7 Å². The van der Waals surface area contributed by atoms with E-state index >= 15 is 0 Å². The summed E-state index contributed by atoms with van der Waals surface area (Å²) in [7, 11) is 0. The summed E-state index contributed by atoms with van der Waals surface area (Å²) in [6.45, 7) is 11.5. The van der Waals surface area contributed by atoms with E-state index in [4.69, 9.17) is 6.57 Å². The maximum Gasteiger partial charge on any atom is 0.278 e. The van der Waals surface area contributed by atoms with E-state index in [0.717, 1.165) is 34.8 Å². The predicted octanol–water partition coefficient (Wildman–Crippen LogP) is 5.92. The Kier molecular flexibility index (Phi) is 6.06. The Morgan fingerprint density at radius 2 is 1.25 bits per heavy atom. The molecule has 8 heteroatoms. The third kappa shape index (κ3) is 3.90. The Morgan fingerprint density at radius 1 is 0.750 bits per heavy atom. The Balaban J connectivity index is 2.29. The molecular weight excluding hydrogens is 473 g/mol. The van der Waals surface area contributed by atoms with Crippen LogP contribution in [0, 0.1) is 63.5 Å². The first kappa shape index (κ1) is 21.7. The summed E-state index contributed by atoms with van der Waals surface area (Å²) in [4.78, 5) is 7.83. The number of nitrogens with zero attached hydrogens (tertiary/aromatic N) is 4. The molecule has 0 saturated heterocycles. The number of aryl methyl sites for hydroxylation is 2. The molecule has 32 heavy (non-hydrogen) atoms. The molecule has 4 rings (SSSR count). The van der Waals surface area contributed by atoms with Gasteiger partial charge in [0.15, 0.2) is 0 Å². The van der Waals surface area contributed by atoms with Crippen molar-refractivity contribution in [1.29, 1.82) is 15.8 Å². The SMILES string of the molecule is [C-]#[N+]/C(C#N)=c1\cc(-c2ccc(C)s2)/c(=c2\sc(=C(C#N)C#N)cc2-c2ccc(C)s2)s1. The van der Waals surface area contributed by atoms with Gasteiger partial charge in [-0.25, -0.2) is 10.1 Å². The minimum atomic E-state index is 0.0578. The van der Waals surface area contributed by atoms with Gasteiger partial charge in [0, 0.05) is 35.2 Å². The number of rotatable bonds is 2. The van der Waals surface area contributed by atoms with Gasteiger partial charge < -0.3 is 0 Å². The van der Waals surface area contributed by atoms with Crippen molar-refractivity contribution < 1.29 is 0 Å². The van der Waals surface area contributed by atoms with Crippen LogP contribution in [-0.2, 0) is 0 Å². The Bertz CT molecular complexity index is 1590. The molecule has 4 nitrogen and oxygen atoms in total. The van der Waals surface area contributed by atoms with Crippen LogP contribution in [0.5, 0.6) is 0 Å². The maximum atomic E-state index is 9.44. The van der Waals surface area contributed by atoms with Crippen molar-refractivity contribution in [3.63, 3.8) is 0 Å². The van der Waals surface area contributed by atoms with E-state index in [1.54, 1.807) is 22.7 Å². The predicted molar refractivity (Wildman–Crippen MR) is 132 cm³/mol. The molecule has 4 heterocycles. The van der Waals surface area contributed by atoms with Gasteiger partial charge in [0.05, 0.1) is 26.2 Å². The summed E-state index contributed by atoms with van der Waals surface area (Å²) in [6, 6.07) is 18.0. The van der Waals surface area contributed by atoms with Crippen LogP contribution in [0.15, 0.2) is 36.4 Å². The van der Waals surface area contributed by atoms with Gasteiger partial charge in [-0.15, -0.1) is 45.3 Å². The quantitative estimate of drug-likeness (QED) is 0.331. The smallest absolute Gasteiger partial charge is 0.225 e. The van der Waals surface area contributed by atoms with Crippen LogP contribution in [0.25, 0.3) is 37.0 Å². The third-order valence-electron chi connectivity index (χ3n) is 4.60. The second-order valence-electron chi connectivity index (χ2n) is 6.70. The lowest BCUT2D eigenvalue weighted by atomic mass is 10.2. The Morgan fingerprint density at radius 3 is 1.66 bits per heavy atom. The van der Waals surface area contributed by atoms with Crippen LogP contribution < -0.4 is 9.06 Å². The van der Waals surface area contributed by atoms with Gasteiger partial charge in [0.1, 0.15) is 17.7 Å². The topological polar surface area (TPSA) is 75.7 Å². The van der Waals surface area contributed by atoms with Gasteiger partial charge in [0.25, 0.3) is 5.70 Å². The van der Waals surface area contributed by atoms with Crippen molar-refractivity contribution in [1.82, 2.24) is 0 Å². The fourth-order valence-corrected chi connectivity index (χ4v) is 7.45. The largest absolute Gasteiger partial charge is 0.278 e. The van der Waals surface area contributed by atoms with E-state index in [1.165, 1.54) is 27.6 Å². The van der Waals surface area contributed by atoms with Crippen LogP contribution in [0.3, 0.4) is 0 Å². The first-order chi connectivity index (χ1) is 15.5. The van der Waals surface area contributed by atoms with Crippen molar-refractivity contribution in [2.24, 2.45) is 0 Å². The van der Waals surface area contributed by atoms with Crippen LogP contribution in [0.4, 0.5) is 0 Å². The average molecular weight is 485 g/mol. The zero-order chi connectivity index (χ0) is 22.8. The van der Waals surface area contributed by atoms with Gasteiger partial charge in [-0.3, -0.25) is 0 Å². The molecule has 152 valence electrons. The van der Waals surface area contributed by atoms with Crippen LogP contribution >= 0.6 is 45.3 Å². The van der Waals surface area contributed by atoms with E-state index in [1.807, 2.05) is 68.5 Å². The summed E-state index contributed by atoms with van der Waals surface area (Å²) >= 11 is 6.11. The first-order valence-electron chi connectivity index (χ1n) is 9.23. The highest BCUT2D eigenvalue weighted by Crippen LogP contribution is 2.34. The van der Waals surface area contributed by atoms with Gasteiger partial charge in [-0.1, -0.05) is 0 Å². The van der Waals surface area contributed by atoms with Crippen molar-refractivity contribution in [2.45, 2.75) is 13.8 Å². The molecule has 0 bridgehead atoms. The third-order valence-corrected chi connectivity index (χ3v) is 9.13. The zero-order valence-electron chi connectivity index (χ0n) is 16.9. The molecule has 0 aromatic carbocycles. The maximum absolute atomic E-state index is 9.44. The summed E-state index contributed by atoms with van der Waals surface area (Å²) in [5, 5.41) is 28.3. The molecule has 0 saturated carbocycles. The number of hydrogen-bond acceptors (Lipinski definition) is 7. The second kappa shape index (κ2) is 8.93. The van der Waals surface area contributed by atoms with Crippen molar-refractivity contribution >= 4 is 56.6 Å². The van der Waals surface area contributed by atoms with Crippen LogP contribution in [0.1, 0.15) is 9.75 Å². The fourth-order valence-electron chi connectivity index (χ4n) is 3.15. The van der Waals surface area contributed by atoms with E-state index in [0.29, 0.717) is 9.06 Å². The summed E-state index contributed by atoms with van der Waals surface area (Å²) in [5.74, 6) is 0. The first-order valence-corrected chi connectivity index (χ1v) is 12.5. The highest BCUT2D eigenvalue weighted by atomic mass is 32.1. The molecule has 0 radical (unpaired) electrons. The normalized spacial score (nSPS) is 12.3. The molecule has 4 aromatic rings. The minimum Gasteiger partial charge on any atom is -0.225 e. The Labute approximate surface area is 200 Å². The highest BCUT2D eigenvalue weighted by Gasteiger charge is 2.14. The van der Waals surface area contributed by atoms with Crippen molar-refractivity contribution in [2.75, 3.05) is 0 Å².